The number of halogens is 3. The van der Waals surface area contributed by atoms with Crippen molar-refractivity contribution in [2.24, 2.45) is 0 Å². The average molecular weight is 531 g/mol. The molecule has 2 aliphatic heterocycles. The van der Waals surface area contributed by atoms with Crippen LogP contribution in [0.15, 0.2) is 34.9 Å². The molecule has 0 bridgehead atoms. The van der Waals surface area contributed by atoms with E-state index >= 15 is 4.39 Å². The minimum Gasteiger partial charge on any atom is -0.385 e. The number of carbonyl (C=O) groups is 1. The lowest BCUT2D eigenvalue weighted by Gasteiger charge is -2.51. The second-order valence-electron chi connectivity index (χ2n) is 9.32. The zero-order valence-electron chi connectivity index (χ0n) is 18.7. The first kappa shape index (κ1) is 23.3. The van der Waals surface area contributed by atoms with Gasteiger partial charge in [0.15, 0.2) is 5.82 Å². The number of hydrogen-bond donors (Lipinski definition) is 2. The molecular formula is C25H25BrF2N4O2. The summed E-state index contributed by atoms with van der Waals surface area (Å²) < 4.78 is 30.9. The zero-order chi connectivity index (χ0) is 24.0. The molecule has 2 saturated heterocycles. The number of benzene rings is 2. The van der Waals surface area contributed by atoms with E-state index in [0.717, 1.165) is 25.8 Å². The first-order valence-electron chi connectivity index (χ1n) is 11.4. The van der Waals surface area contributed by atoms with E-state index in [2.05, 4.69) is 31.4 Å². The fraction of sp³-hybridized carbons (Fsp3) is 0.400. The number of β-amino-alcohol motifs (C(OH)–C–C–N with tert-alkyl or cyclic N) is 1. The van der Waals surface area contributed by atoms with Gasteiger partial charge in [-0.05, 0) is 55.6 Å². The van der Waals surface area contributed by atoms with Gasteiger partial charge in [0.05, 0.1) is 19.3 Å². The highest BCUT2D eigenvalue weighted by Gasteiger charge is 2.49. The summed E-state index contributed by atoms with van der Waals surface area (Å²) in [5, 5.41) is 22.7. The molecule has 2 N–H and O–H groups in total. The van der Waals surface area contributed by atoms with Crippen LogP contribution in [0.4, 0.5) is 8.78 Å². The Balaban J connectivity index is 1.52. The Labute approximate surface area is 204 Å². The molecule has 2 aromatic carbocycles. The molecule has 2 fully saturated rings. The van der Waals surface area contributed by atoms with Crippen LogP contribution in [0.3, 0.4) is 0 Å². The molecule has 5 rings (SSSR count). The topological polar surface area (TPSA) is 78.4 Å². The maximum atomic E-state index is 15.7. The fourth-order valence-corrected chi connectivity index (χ4v) is 5.33. The minimum atomic E-state index is -0.995. The number of fused-ring (bicyclic) bond motifs is 1. The quantitative estimate of drug-likeness (QED) is 0.534. The van der Waals surface area contributed by atoms with Crippen LogP contribution < -0.4 is 5.32 Å². The van der Waals surface area contributed by atoms with Gasteiger partial charge in [0, 0.05) is 33.4 Å². The highest BCUT2D eigenvalue weighted by molar-refractivity contribution is 9.10. The van der Waals surface area contributed by atoms with Crippen LogP contribution in [0.25, 0.3) is 10.9 Å². The molecule has 3 aromatic rings. The molecular weight excluding hydrogens is 506 g/mol. The number of carbonyl (C=O) groups excluding carboxylic acids is 1. The summed E-state index contributed by atoms with van der Waals surface area (Å²) >= 11 is 3.23. The van der Waals surface area contributed by atoms with E-state index < -0.39 is 17.2 Å². The third-order valence-electron chi connectivity index (χ3n) is 6.96. The highest BCUT2D eigenvalue weighted by Crippen LogP contribution is 2.34. The normalized spacial score (nSPS) is 19.8. The van der Waals surface area contributed by atoms with Crippen LogP contribution in [0.1, 0.15) is 46.3 Å². The Hall–Kier alpha value is -2.49. The van der Waals surface area contributed by atoms with E-state index in [9.17, 15) is 14.3 Å². The van der Waals surface area contributed by atoms with Crippen LogP contribution in [0, 0.1) is 18.6 Å². The minimum absolute atomic E-state index is 0.0515. The number of aryl methyl sites for hydroxylation is 1. The summed E-state index contributed by atoms with van der Waals surface area (Å²) in [5.41, 5.74) is 0.237. The summed E-state index contributed by atoms with van der Waals surface area (Å²) in [5.74, 6) is -1.56. The molecule has 0 unspecified atom stereocenters. The van der Waals surface area contributed by atoms with Gasteiger partial charge in [0.25, 0.3) is 5.91 Å². The molecule has 0 spiro atoms. The van der Waals surface area contributed by atoms with Gasteiger partial charge in [-0.25, -0.2) is 8.78 Å². The van der Waals surface area contributed by atoms with E-state index in [4.69, 9.17) is 0 Å². The molecule has 6 nitrogen and oxygen atoms in total. The van der Waals surface area contributed by atoms with E-state index in [1.54, 1.807) is 25.1 Å². The largest absolute Gasteiger partial charge is 0.385 e. The number of aliphatic hydroxyl groups is 1. The molecule has 1 aromatic heterocycles. The summed E-state index contributed by atoms with van der Waals surface area (Å²) in [6.07, 6.45) is 4.37. The van der Waals surface area contributed by atoms with Crippen molar-refractivity contribution in [3.8, 4) is 0 Å². The van der Waals surface area contributed by atoms with Crippen molar-refractivity contribution in [3.63, 3.8) is 0 Å². The Morgan fingerprint density at radius 3 is 2.79 bits per heavy atom. The Bertz CT molecular complexity index is 1270. The van der Waals surface area contributed by atoms with Crippen molar-refractivity contribution < 1.29 is 18.7 Å². The predicted molar refractivity (Wildman–Crippen MR) is 128 cm³/mol. The van der Waals surface area contributed by atoms with Gasteiger partial charge < -0.3 is 15.3 Å². The van der Waals surface area contributed by atoms with E-state index in [1.165, 1.54) is 17.2 Å². The van der Waals surface area contributed by atoms with Gasteiger partial charge in [-0.15, -0.1) is 5.10 Å². The number of aromatic nitrogens is 2. The molecule has 1 atom stereocenters. The third kappa shape index (κ3) is 4.10. The van der Waals surface area contributed by atoms with E-state index in [0.29, 0.717) is 15.4 Å². The van der Waals surface area contributed by atoms with Gasteiger partial charge in [0.1, 0.15) is 16.9 Å². The van der Waals surface area contributed by atoms with Crippen LogP contribution >= 0.6 is 15.9 Å². The van der Waals surface area contributed by atoms with Gasteiger partial charge in [-0.2, -0.15) is 5.10 Å². The molecule has 9 heteroatoms. The number of rotatable bonds is 4. The van der Waals surface area contributed by atoms with E-state index in [-0.39, 0.29) is 53.7 Å². The van der Waals surface area contributed by atoms with Crippen molar-refractivity contribution in [1.29, 1.82) is 0 Å². The van der Waals surface area contributed by atoms with Crippen molar-refractivity contribution in [1.82, 2.24) is 20.4 Å². The monoisotopic (exact) mass is 530 g/mol. The lowest BCUT2D eigenvalue weighted by atomic mass is 9.81. The van der Waals surface area contributed by atoms with Crippen molar-refractivity contribution in [2.75, 3.05) is 19.6 Å². The second-order valence-corrected chi connectivity index (χ2v) is 10.2. The molecule has 3 heterocycles. The smallest absolute Gasteiger partial charge is 0.254 e. The predicted octanol–water partition coefficient (Wildman–Crippen LogP) is 3.90. The number of hydrogen-bond acceptors (Lipinski definition) is 5. The Morgan fingerprint density at radius 2 is 2.09 bits per heavy atom. The molecule has 2 aliphatic rings. The second kappa shape index (κ2) is 8.94. The number of likely N-dealkylation sites (tertiary alicyclic amines) is 1. The lowest BCUT2D eigenvalue weighted by Crippen LogP contribution is -2.72. The van der Waals surface area contributed by atoms with Crippen LogP contribution in [-0.4, -0.2) is 57.4 Å². The third-order valence-corrected chi connectivity index (χ3v) is 7.46. The zero-order valence-corrected chi connectivity index (χ0v) is 20.3. The Kier molecular flexibility index (Phi) is 6.12. The van der Waals surface area contributed by atoms with Gasteiger partial charge >= 0.3 is 0 Å². The van der Waals surface area contributed by atoms with Crippen LogP contribution in [-0.2, 0) is 6.42 Å². The van der Waals surface area contributed by atoms with Crippen molar-refractivity contribution >= 4 is 32.7 Å². The summed E-state index contributed by atoms with van der Waals surface area (Å²) in [6, 6.07) is 6.11. The van der Waals surface area contributed by atoms with Crippen LogP contribution in [0.2, 0.25) is 0 Å². The lowest BCUT2D eigenvalue weighted by molar-refractivity contribution is -0.108. The number of nitrogens with one attached hydrogen (secondary N) is 1. The number of amides is 1. The van der Waals surface area contributed by atoms with E-state index in [1.807, 2.05) is 0 Å². The van der Waals surface area contributed by atoms with Crippen molar-refractivity contribution in [3.05, 3.63) is 68.8 Å². The van der Waals surface area contributed by atoms with Gasteiger partial charge in [0.2, 0.25) is 0 Å². The van der Waals surface area contributed by atoms with Gasteiger partial charge in [-0.3, -0.25) is 4.79 Å². The summed E-state index contributed by atoms with van der Waals surface area (Å²) in [4.78, 5) is 15.1. The molecule has 34 heavy (non-hydrogen) atoms. The first-order chi connectivity index (χ1) is 16.3. The SMILES string of the molecule is Cc1cnnc2c(F)c(Cc3ccc(Br)cc3F)c(C(=O)N3CC(O)([C@@H]4CCCCN4)C3)cc12. The molecule has 178 valence electrons. The maximum Gasteiger partial charge on any atom is 0.254 e. The Morgan fingerprint density at radius 1 is 1.29 bits per heavy atom. The molecule has 0 saturated carbocycles. The number of nitrogens with zero attached hydrogens (tertiary/aromatic N) is 3. The first-order valence-corrected chi connectivity index (χ1v) is 12.2. The molecule has 1 amide bonds. The standard InChI is InChI=1S/C25H25BrF2N4O2/c1-14-11-30-31-23-17(14)10-19(18(22(23)28)8-15-5-6-16(26)9-20(15)27)24(33)32-12-25(34,13-32)21-4-2-3-7-29-21/h5-6,9-11,21,29,34H,2-4,7-8,12-13H2,1H3/t21-/m0/s1. The van der Waals surface area contributed by atoms with Gasteiger partial charge in [-0.1, -0.05) is 28.4 Å². The maximum absolute atomic E-state index is 15.7. The summed E-state index contributed by atoms with van der Waals surface area (Å²) in [7, 11) is 0. The average Bonchev–Trinajstić information content (AvgIpc) is 2.80. The summed E-state index contributed by atoms with van der Waals surface area (Å²) in [6.45, 7) is 2.96. The molecule has 0 aliphatic carbocycles. The van der Waals surface area contributed by atoms with Crippen molar-refractivity contribution in [2.45, 2.75) is 44.2 Å². The molecule has 0 radical (unpaired) electrons. The fourth-order valence-electron chi connectivity index (χ4n) is 5.00. The highest BCUT2D eigenvalue weighted by atomic mass is 79.9. The number of piperidine rings is 1. The van der Waals surface area contributed by atoms with Crippen LogP contribution in [0.5, 0.6) is 0 Å².